The number of carbonyl (C=O) groups is 2. The Bertz CT molecular complexity index is 1160. The van der Waals surface area contributed by atoms with Gasteiger partial charge in [0.05, 0.1) is 11.1 Å². The summed E-state index contributed by atoms with van der Waals surface area (Å²) in [4.78, 5) is 27.2. The fourth-order valence-electron chi connectivity index (χ4n) is 3.44. The van der Waals surface area contributed by atoms with Crippen LogP contribution in [0.2, 0.25) is 0 Å². The predicted molar refractivity (Wildman–Crippen MR) is 130 cm³/mol. The lowest BCUT2D eigenvalue weighted by molar-refractivity contribution is -0.137. The Morgan fingerprint density at radius 2 is 1.54 bits per heavy atom. The van der Waals surface area contributed by atoms with Gasteiger partial charge >= 0.3 is 6.18 Å². The first-order chi connectivity index (χ1) is 16.7. The molecule has 0 atom stereocenters. The van der Waals surface area contributed by atoms with E-state index in [0.29, 0.717) is 5.69 Å². The van der Waals surface area contributed by atoms with Crippen molar-refractivity contribution in [1.29, 1.82) is 0 Å². The van der Waals surface area contributed by atoms with Crippen molar-refractivity contribution in [2.24, 2.45) is 0 Å². The highest BCUT2D eigenvalue weighted by molar-refractivity contribution is 6.06. The number of alkyl halides is 3. The van der Waals surface area contributed by atoms with Crippen LogP contribution in [0.1, 0.15) is 29.8 Å². The summed E-state index contributed by atoms with van der Waals surface area (Å²) < 4.78 is 44.1. The second-order valence-corrected chi connectivity index (χ2v) is 7.58. The van der Waals surface area contributed by atoms with Gasteiger partial charge in [-0.15, -0.1) is 0 Å². The predicted octanol–water partition coefficient (Wildman–Crippen LogP) is 5.82. The van der Waals surface area contributed by atoms with Gasteiger partial charge < -0.3 is 20.3 Å². The first-order valence-corrected chi connectivity index (χ1v) is 11.1. The van der Waals surface area contributed by atoms with E-state index in [0.717, 1.165) is 30.9 Å². The molecule has 0 saturated heterocycles. The summed E-state index contributed by atoms with van der Waals surface area (Å²) in [6.45, 7) is 5.38. The molecule has 0 bridgehead atoms. The average Bonchev–Trinajstić information content (AvgIpc) is 2.84. The van der Waals surface area contributed by atoms with Crippen molar-refractivity contribution in [3.05, 3.63) is 83.9 Å². The number of carbonyl (C=O) groups excluding carboxylic acids is 2. The Kier molecular flexibility index (Phi) is 8.35. The van der Waals surface area contributed by atoms with Crippen molar-refractivity contribution >= 4 is 28.9 Å². The molecule has 3 rings (SSSR count). The highest BCUT2D eigenvalue weighted by atomic mass is 19.4. The van der Waals surface area contributed by atoms with E-state index in [1.165, 1.54) is 18.2 Å². The van der Waals surface area contributed by atoms with Crippen LogP contribution in [0, 0.1) is 0 Å². The third-order valence-corrected chi connectivity index (χ3v) is 5.22. The summed E-state index contributed by atoms with van der Waals surface area (Å²) in [5, 5.41) is 5.17. The molecule has 0 saturated carbocycles. The topological polar surface area (TPSA) is 70.7 Å². The Morgan fingerprint density at radius 3 is 2.20 bits per heavy atom. The SMILES string of the molecule is CCN(CC)c1ccc(NC(=O)c2ccccc2OCC(=O)Nc2cccc(C(F)(F)F)c2)cc1. The van der Waals surface area contributed by atoms with E-state index in [-0.39, 0.29) is 17.0 Å². The summed E-state index contributed by atoms with van der Waals surface area (Å²) in [7, 11) is 0. The van der Waals surface area contributed by atoms with E-state index in [4.69, 9.17) is 4.74 Å². The Labute approximate surface area is 201 Å². The highest BCUT2D eigenvalue weighted by Crippen LogP contribution is 2.30. The zero-order valence-corrected chi connectivity index (χ0v) is 19.4. The number of para-hydroxylation sites is 1. The number of anilines is 3. The minimum Gasteiger partial charge on any atom is -0.483 e. The van der Waals surface area contributed by atoms with Crippen molar-refractivity contribution in [1.82, 2.24) is 0 Å². The van der Waals surface area contributed by atoms with Gasteiger partial charge in [0.2, 0.25) is 0 Å². The minimum absolute atomic E-state index is 0.00684. The second-order valence-electron chi connectivity index (χ2n) is 7.58. The van der Waals surface area contributed by atoms with Gasteiger partial charge in [0.25, 0.3) is 11.8 Å². The van der Waals surface area contributed by atoms with Gasteiger partial charge in [0, 0.05) is 30.2 Å². The van der Waals surface area contributed by atoms with Crippen molar-refractivity contribution in [2.75, 3.05) is 35.2 Å². The van der Waals surface area contributed by atoms with E-state index >= 15 is 0 Å². The smallest absolute Gasteiger partial charge is 0.416 e. The van der Waals surface area contributed by atoms with Crippen LogP contribution in [0.5, 0.6) is 5.75 Å². The van der Waals surface area contributed by atoms with Crippen LogP contribution in [-0.4, -0.2) is 31.5 Å². The fraction of sp³-hybridized carbons (Fsp3) is 0.231. The van der Waals surface area contributed by atoms with Crippen LogP contribution >= 0.6 is 0 Å². The molecule has 0 aliphatic heterocycles. The molecule has 0 heterocycles. The first-order valence-electron chi connectivity index (χ1n) is 11.1. The molecular weight excluding hydrogens is 459 g/mol. The van der Waals surface area contributed by atoms with Gasteiger partial charge in [0.15, 0.2) is 6.61 Å². The zero-order chi connectivity index (χ0) is 25.4. The maximum Gasteiger partial charge on any atom is 0.416 e. The molecule has 6 nitrogen and oxygen atoms in total. The Morgan fingerprint density at radius 1 is 0.857 bits per heavy atom. The molecule has 3 aromatic rings. The molecular formula is C26H26F3N3O3. The molecule has 0 radical (unpaired) electrons. The van der Waals surface area contributed by atoms with Crippen molar-refractivity contribution in [3.63, 3.8) is 0 Å². The number of amides is 2. The number of benzene rings is 3. The maximum absolute atomic E-state index is 12.9. The Hall–Kier alpha value is -4.01. The zero-order valence-electron chi connectivity index (χ0n) is 19.4. The molecule has 0 fully saturated rings. The molecule has 0 aliphatic carbocycles. The van der Waals surface area contributed by atoms with Gasteiger partial charge in [-0.05, 0) is 68.4 Å². The molecule has 0 aromatic heterocycles. The number of ether oxygens (including phenoxy) is 1. The lowest BCUT2D eigenvalue weighted by Crippen LogP contribution is -2.22. The number of rotatable bonds is 9. The molecule has 2 N–H and O–H groups in total. The van der Waals surface area contributed by atoms with Gasteiger partial charge in [-0.2, -0.15) is 13.2 Å². The monoisotopic (exact) mass is 485 g/mol. The number of halogens is 3. The van der Waals surface area contributed by atoms with Gasteiger partial charge in [-0.25, -0.2) is 0 Å². The molecule has 35 heavy (non-hydrogen) atoms. The summed E-state index contributed by atoms with van der Waals surface area (Å²) in [6, 6.07) is 18.1. The fourth-order valence-corrected chi connectivity index (χ4v) is 3.44. The largest absolute Gasteiger partial charge is 0.483 e. The van der Waals surface area contributed by atoms with Crippen LogP contribution < -0.4 is 20.3 Å². The minimum atomic E-state index is -4.52. The third kappa shape index (κ3) is 6.99. The van der Waals surface area contributed by atoms with Crippen LogP contribution in [0.25, 0.3) is 0 Å². The lowest BCUT2D eigenvalue weighted by atomic mass is 10.1. The van der Waals surface area contributed by atoms with E-state index < -0.39 is 30.2 Å². The molecule has 0 spiro atoms. The van der Waals surface area contributed by atoms with Crippen molar-refractivity contribution in [2.45, 2.75) is 20.0 Å². The first kappa shape index (κ1) is 25.6. The van der Waals surface area contributed by atoms with E-state index in [2.05, 4.69) is 29.4 Å². The Balaban J connectivity index is 1.63. The summed E-state index contributed by atoms with van der Waals surface area (Å²) in [6.07, 6.45) is -4.52. The lowest BCUT2D eigenvalue weighted by Gasteiger charge is -2.21. The summed E-state index contributed by atoms with van der Waals surface area (Å²) in [5.74, 6) is -0.912. The van der Waals surface area contributed by atoms with Crippen LogP contribution in [0.4, 0.5) is 30.2 Å². The number of hydrogen-bond donors (Lipinski definition) is 2. The molecule has 9 heteroatoms. The normalized spacial score (nSPS) is 11.0. The molecule has 2 amide bonds. The molecule has 3 aromatic carbocycles. The number of hydrogen-bond acceptors (Lipinski definition) is 4. The van der Waals surface area contributed by atoms with E-state index in [9.17, 15) is 22.8 Å². The number of nitrogens with one attached hydrogen (secondary N) is 2. The van der Waals surface area contributed by atoms with E-state index in [1.807, 2.05) is 12.1 Å². The standard InChI is InChI=1S/C26H26F3N3O3/c1-3-32(4-2)21-14-12-19(13-15-21)31-25(34)22-10-5-6-11-23(22)35-17-24(33)30-20-9-7-8-18(16-20)26(27,28)29/h5-16H,3-4,17H2,1-2H3,(H,30,33)(H,31,34). The highest BCUT2D eigenvalue weighted by Gasteiger charge is 2.30. The summed E-state index contributed by atoms with van der Waals surface area (Å²) in [5.41, 5.74) is 0.981. The van der Waals surface area contributed by atoms with Crippen LogP contribution in [-0.2, 0) is 11.0 Å². The van der Waals surface area contributed by atoms with Crippen molar-refractivity contribution < 1.29 is 27.5 Å². The quantitative estimate of drug-likeness (QED) is 0.401. The van der Waals surface area contributed by atoms with Gasteiger partial charge in [-0.3, -0.25) is 9.59 Å². The van der Waals surface area contributed by atoms with E-state index in [1.54, 1.807) is 30.3 Å². The molecule has 0 unspecified atom stereocenters. The third-order valence-electron chi connectivity index (χ3n) is 5.22. The average molecular weight is 486 g/mol. The van der Waals surface area contributed by atoms with Crippen molar-refractivity contribution in [3.8, 4) is 5.75 Å². The van der Waals surface area contributed by atoms with Crippen LogP contribution in [0.15, 0.2) is 72.8 Å². The maximum atomic E-state index is 12.9. The molecule has 184 valence electrons. The number of nitrogens with zero attached hydrogens (tertiary/aromatic N) is 1. The van der Waals surface area contributed by atoms with Crippen LogP contribution in [0.3, 0.4) is 0 Å². The summed E-state index contributed by atoms with van der Waals surface area (Å²) >= 11 is 0. The molecule has 0 aliphatic rings. The van der Waals surface area contributed by atoms with Gasteiger partial charge in [-0.1, -0.05) is 18.2 Å². The van der Waals surface area contributed by atoms with Gasteiger partial charge in [0.1, 0.15) is 5.75 Å². The second kappa shape index (κ2) is 11.4.